The van der Waals surface area contributed by atoms with Gasteiger partial charge in [-0.1, -0.05) is 0 Å². The summed E-state index contributed by atoms with van der Waals surface area (Å²) in [5, 5.41) is 2.78. The third kappa shape index (κ3) is 4.12. The maximum absolute atomic E-state index is 12.7. The fraction of sp³-hybridized carbons (Fsp3) is 0.500. The molecule has 0 aliphatic heterocycles. The number of amides is 1. The summed E-state index contributed by atoms with van der Waals surface area (Å²) in [6, 6.07) is 3.63. The lowest BCUT2D eigenvalue weighted by molar-refractivity contribution is -0.137. The first-order valence-corrected chi connectivity index (χ1v) is 7.52. The molecule has 3 nitrogen and oxygen atoms in total. The zero-order valence-electron chi connectivity index (χ0n) is 11.5. The number of hydrogen-bond acceptors (Lipinski definition) is 2. The Hall–Kier alpha value is -1.24. The molecular weight excluding hydrogens is 349 g/mol. The van der Waals surface area contributed by atoms with Crippen molar-refractivity contribution in [1.82, 2.24) is 4.90 Å². The Balaban J connectivity index is 2.03. The molecule has 1 fully saturated rings. The van der Waals surface area contributed by atoms with Gasteiger partial charge in [-0.05, 0) is 53.9 Å². The van der Waals surface area contributed by atoms with Crippen LogP contribution >= 0.6 is 15.9 Å². The zero-order chi connectivity index (χ0) is 15.6. The molecule has 1 aliphatic carbocycles. The minimum atomic E-state index is -4.40. The number of alkyl halides is 3. The average Bonchev–Trinajstić information content (AvgIpc) is 3.22. The van der Waals surface area contributed by atoms with Crippen molar-refractivity contribution in [3.63, 3.8) is 0 Å². The topological polar surface area (TPSA) is 32.3 Å². The maximum atomic E-state index is 12.7. The van der Waals surface area contributed by atoms with Gasteiger partial charge in [0.15, 0.2) is 0 Å². The number of carbonyl (C=O) groups excluding carboxylic acids is 1. The first kappa shape index (κ1) is 16.1. The largest absolute Gasteiger partial charge is 0.416 e. The molecule has 0 atom stereocenters. The van der Waals surface area contributed by atoms with Gasteiger partial charge < -0.3 is 10.2 Å². The number of benzene rings is 1. The lowest BCUT2D eigenvalue weighted by Gasteiger charge is -2.21. The Morgan fingerprint density at radius 1 is 1.43 bits per heavy atom. The van der Waals surface area contributed by atoms with Crippen molar-refractivity contribution >= 4 is 27.5 Å². The zero-order valence-corrected chi connectivity index (χ0v) is 13.1. The molecule has 7 heteroatoms. The van der Waals surface area contributed by atoms with E-state index in [-0.39, 0.29) is 18.1 Å². The van der Waals surface area contributed by atoms with E-state index in [1.54, 1.807) is 4.90 Å². The summed E-state index contributed by atoms with van der Waals surface area (Å²) in [5.41, 5.74) is -0.472. The number of nitrogens with zero attached hydrogens (tertiary/aromatic N) is 1. The Labute approximate surface area is 129 Å². The van der Waals surface area contributed by atoms with E-state index in [9.17, 15) is 18.0 Å². The standard InChI is InChI=1S/C14H16BrF3N2O/c1-2-20(10-4-5-10)13(21)8-19-12-7-9(14(16,17)18)3-6-11(12)15/h3,6-7,10,19H,2,4-5,8H2,1H3. The number of nitrogens with one attached hydrogen (secondary N) is 1. The predicted octanol–water partition coefficient (Wildman–Crippen LogP) is 3.89. The van der Waals surface area contributed by atoms with Gasteiger partial charge in [0.2, 0.25) is 5.91 Å². The van der Waals surface area contributed by atoms with Crippen LogP contribution in [0.3, 0.4) is 0 Å². The van der Waals surface area contributed by atoms with Crippen molar-refractivity contribution in [3.8, 4) is 0 Å². The molecule has 0 bridgehead atoms. The summed E-state index contributed by atoms with van der Waals surface area (Å²) in [6.07, 6.45) is -2.38. The van der Waals surface area contributed by atoms with Gasteiger partial charge in [-0.25, -0.2) is 0 Å². The lowest BCUT2D eigenvalue weighted by atomic mass is 10.2. The molecule has 0 spiro atoms. The highest BCUT2D eigenvalue weighted by Crippen LogP contribution is 2.34. The average molecular weight is 365 g/mol. The number of hydrogen-bond donors (Lipinski definition) is 1. The molecule has 21 heavy (non-hydrogen) atoms. The number of likely N-dealkylation sites (N-methyl/N-ethyl adjacent to an activating group) is 1. The summed E-state index contributed by atoms with van der Waals surface area (Å²) in [5.74, 6) is -0.0932. The van der Waals surface area contributed by atoms with Gasteiger partial charge in [0.25, 0.3) is 0 Å². The highest BCUT2D eigenvalue weighted by Gasteiger charge is 2.32. The lowest BCUT2D eigenvalue weighted by Crippen LogP contribution is -2.37. The van der Waals surface area contributed by atoms with E-state index in [2.05, 4.69) is 21.2 Å². The predicted molar refractivity (Wildman–Crippen MR) is 78.0 cm³/mol. The fourth-order valence-electron chi connectivity index (χ4n) is 2.13. The number of rotatable bonds is 5. The van der Waals surface area contributed by atoms with Gasteiger partial charge in [-0.15, -0.1) is 0 Å². The molecule has 1 aromatic rings. The Kier molecular flexibility index (Phi) is 4.81. The molecule has 0 heterocycles. The van der Waals surface area contributed by atoms with Crippen LogP contribution in [0.15, 0.2) is 22.7 Å². The highest BCUT2D eigenvalue weighted by molar-refractivity contribution is 9.10. The van der Waals surface area contributed by atoms with Crippen LogP contribution in [0.25, 0.3) is 0 Å². The van der Waals surface area contributed by atoms with Crippen molar-refractivity contribution in [2.75, 3.05) is 18.4 Å². The van der Waals surface area contributed by atoms with E-state index in [1.807, 2.05) is 6.92 Å². The molecule has 0 unspecified atom stereocenters. The van der Waals surface area contributed by atoms with E-state index < -0.39 is 11.7 Å². The van der Waals surface area contributed by atoms with Gasteiger partial charge in [-0.3, -0.25) is 4.79 Å². The van der Waals surface area contributed by atoms with Crippen LogP contribution < -0.4 is 5.32 Å². The quantitative estimate of drug-likeness (QED) is 0.859. The number of halogens is 4. The first-order chi connectivity index (χ1) is 9.82. The van der Waals surface area contributed by atoms with E-state index >= 15 is 0 Å². The SMILES string of the molecule is CCN(C(=O)CNc1cc(C(F)(F)F)ccc1Br)C1CC1. The molecule has 1 aliphatic rings. The molecule has 116 valence electrons. The Morgan fingerprint density at radius 2 is 2.10 bits per heavy atom. The minimum absolute atomic E-state index is 0.00967. The van der Waals surface area contributed by atoms with Crippen molar-refractivity contribution in [2.24, 2.45) is 0 Å². The molecule has 1 N–H and O–H groups in total. The summed E-state index contributed by atoms with van der Waals surface area (Å²) in [4.78, 5) is 13.8. The molecule has 0 saturated heterocycles. The first-order valence-electron chi connectivity index (χ1n) is 6.73. The van der Waals surface area contributed by atoms with E-state index in [0.29, 0.717) is 17.1 Å². The molecule has 2 rings (SSSR count). The summed E-state index contributed by atoms with van der Waals surface area (Å²) >= 11 is 3.19. The van der Waals surface area contributed by atoms with Crippen LogP contribution in [0.1, 0.15) is 25.3 Å². The minimum Gasteiger partial charge on any atom is -0.375 e. The Morgan fingerprint density at radius 3 is 2.62 bits per heavy atom. The molecule has 1 amide bonds. The Bertz CT molecular complexity index is 529. The van der Waals surface area contributed by atoms with Crippen molar-refractivity contribution in [1.29, 1.82) is 0 Å². The van der Waals surface area contributed by atoms with Gasteiger partial charge in [-0.2, -0.15) is 13.2 Å². The molecule has 0 radical (unpaired) electrons. The fourth-order valence-corrected chi connectivity index (χ4v) is 2.52. The third-order valence-electron chi connectivity index (χ3n) is 3.37. The highest BCUT2D eigenvalue weighted by atomic mass is 79.9. The number of anilines is 1. The normalized spacial score (nSPS) is 14.9. The van der Waals surface area contributed by atoms with E-state index in [4.69, 9.17) is 0 Å². The maximum Gasteiger partial charge on any atom is 0.416 e. The van der Waals surface area contributed by atoms with Crippen LogP contribution in [0.2, 0.25) is 0 Å². The molecule has 1 saturated carbocycles. The second kappa shape index (κ2) is 6.25. The monoisotopic (exact) mass is 364 g/mol. The van der Waals surface area contributed by atoms with Gasteiger partial charge in [0, 0.05) is 22.7 Å². The van der Waals surface area contributed by atoms with E-state index in [0.717, 1.165) is 25.0 Å². The summed E-state index contributed by atoms with van der Waals surface area (Å²) in [6.45, 7) is 2.51. The second-order valence-electron chi connectivity index (χ2n) is 4.96. The van der Waals surface area contributed by atoms with Crippen LogP contribution in [0.5, 0.6) is 0 Å². The smallest absolute Gasteiger partial charge is 0.375 e. The van der Waals surface area contributed by atoms with Crippen LogP contribution in [-0.2, 0) is 11.0 Å². The molecule has 1 aromatic carbocycles. The molecule has 0 aromatic heterocycles. The third-order valence-corrected chi connectivity index (χ3v) is 4.06. The van der Waals surface area contributed by atoms with Gasteiger partial charge in [0.1, 0.15) is 0 Å². The van der Waals surface area contributed by atoms with Crippen molar-refractivity contribution in [3.05, 3.63) is 28.2 Å². The van der Waals surface area contributed by atoms with E-state index in [1.165, 1.54) is 6.07 Å². The van der Waals surface area contributed by atoms with Gasteiger partial charge in [0.05, 0.1) is 12.1 Å². The number of carbonyl (C=O) groups is 1. The second-order valence-corrected chi connectivity index (χ2v) is 5.81. The van der Waals surface area contributed by atoms with Crippen molar-refractivity contribution in [2.45, 2.75) is 32.0 Å². The van der Waals surface area contributed by atoms with Crippen LogP contribution in [0.4, 0.5) is 18.9 Å². The van der Waals surface area contributed by atoms with Crippen LogP contribution in [-0.4, -0.2) is 29.9 Å². The van der Waals surface area contributed by atoms with Gasteiger partial charge >= 0.3 is 6.18 Å². The molecular formula is C14H16BrF3N2O. The summed E-state index contributed by atoms with van der Waals surface area (Å²) in [7, 11) is 0. The summed E-state index contributed by atoms with van der Waals surface area (Å²) < 4.78 is 38.5. The van der Waals surface area contributed by atoms with Crippen molar-refractivity contribution < 1.29 is 18.0 Å². The van der Waals surface area contributed by atoms with Crippen LogP contribution in [0, 0.1) is 0 Å².